The van der Waals surface area contributed by atoms with Crippen LogP contribution in [0.25, 0.3) is 0 Å². The van der Waals surface area contributed by atoms with Crippen LogP contribution in [0.5, 0.6) is 0 Å². The third-order valence-electron chi connectivity index (χ3n) is 2.11. The number of rotatable bonds is 6. The van der Waals surface area contributed by atoms with Crippen molar-refractivity contribution in [1.29, 1.82) is 0 Å². The number of aromatic nitrogens is 1. The van der Waals surface area contributed by atoms with Gasteiger partial charge in [0.2, 0.25) is 0 Å². The predicted molar refractivity (Wildman–Crippen MR) is 68.1 cm³/mol. The van der Waals surface area contributed by atoms with Crippen LogP contribution >= 0.6 is 15.9 Å². The van der Waals surface area contributed by atoms with Crippen molar-refractivity contribution >= 4 is 27.4 Å². The first-order chi connectivity index (χ1) is 8.04. The summed E-state index contributed by atoms with van der Waals surface area (Å²) in [5, 5.41) is 13.6. The first-order valence-corrected chi connectivity index (χ1v) is 5.86. The highest BCUT2D eigenvalue weighted by Crippen LogP contribution is 2.24. The average molecular weight is 304 g/mol. The van der Waals surface area contributed by atoms with Crippen LogP contribution in [0.15, 0.2) is 16.7 Å². The maximum Gasteiger partial charge on any atom is 0.288 e. The van der Waals surface area contributed by atoms with Crippen LogP contribution < -0.4 is 5.32 Å². The van der Waals surface area contributed by atoms with Crippen molar-refractivity contribution in [2.75, 3.05) is 25.6 Å². The summed E-state index contributed by atoms with van der Waals surface area (Å²) in [6.45, 7) is 3.38. The van der Waals surface area contributed by atoms with E-state index in [-0.39, 0.29) is 5.69 Å². The Bertz CT molecular complexity index is 400. The first kappa shape index (κ1) is 13.9. The van der Waals surface area contributed by atoms with Crippen LogP contribution in [0, 0.1) is 16.0 Å². The number of nitrogens with one attached hydrogen (secondary N) is 1. The van der Waals surface area contributed by atoms with E-state index in [9.17, 15) is 10.1 Å². The van der Waals surface area contributed by atoms with Crippen LogP contribution in [0.4, 0.5) is 11.5 Å². The van der Waals surface area contributed by atoms with E-state index in [0.29, 0.717) is 29.4 Å². The van der Waals surface area contributed by atoms with Gasteiger partial charge >= 0.3 is 0 Å². The summed E-state index contributed by atoms with van der Waals surface area (Å²) in [7, 11) is 1.65. The lowest BCUT2D eigenvalue weighted by Crippen LogP contribution is -2.16. The van der Waals surface area contributed by atoms with Crippen molar-refractivity contribution in [3.63, 3.8) is 0 Å². The van der Waals surface area contributed by atoms with Crippen molar-refractivity contribution in [2.24, 2.45) is 5.92 Å². The molecule has 0 saturated heterocycles. The molecule has 1 aromatic rings. The van der Waals surface area contributed by atoms with Crippen molar-refractivity contribution in [2.45, 2.75) is 6.92 Å². The molecule has 1 heterocycles. The minimum Gasteiger partial charge on any atom is -0.384 e. The molecule has 0 amide bonds. The molecule has 1 aromatic heterocycles. The largest absolute Gasteiger partial charge is 0.384 e. The molecule has 0 spiro atoms. The summed E-state index contributed by atoms with van der Waals surface area (Å²) in [5.41, 5.74) is -0.0348. The smallest absolute Gasteiger partial charge is 0.288 e. The van der Waals surface area contributed by atoms with Gasteiger partial charge in [-0.25, -0.2) is 4.98 Å². The Hall–Kier alpha value is -1.21. The van der Waals surface area contributed by atoms with Gasteiger partial charge < -0.3 is 10.1 Å². The number of hydrogen-bond donors (Lipinski definition) is 1. The van der Waals surface area contributed by atoms with E-state index in [1.807, 2.05) is 6.92 Å². The highest BCUT2D eigenvalue weighted by atomic mass is 79.9. The van der Waals surface area contributed by atoms with E-state index in [1.54, 1.807) is 7.11 Å². The van der Waals surface area contributed by atoms with Gasteiger partial charge in [0.1, 0.15) is 12.0 Å². The molecule has 1 N–H and O–H groups in total. The van der Waals surface area contributed by atoms with E-state index in [0.717, 1.165) is 0 Å². The molecule has 0 bridgehead atoms. The number of hydrogen-bond acceptors (Lipinski definition) is 5. The second kappa shape index (κ2) is 6.51. The number of halogens is 1. The summed E-state index contributed by atoms with van der Waals surface area (Å²) in [4.78, 5) is 14.0. The Morgan fingerprint density at radius 1 is 1.71 bits per heavy atom. The summed E-state index contributed by atoms with van der Waals surface area (Å²) in [5.74, 6) is 0.933. The molecule has 0 fully saturated rings. The van der Waals surface area contributed by atoms with Crippen LogP contribution in [0.3, 0.4) is 0 Å². The first-order valence-electron chi connectivity index (χ1n) is 5.07. The topological polar surface area (TPSA) is 77.3 Å². The molecule has 0 aliphatic heterocycles. The maximum atomic E-state index is 10.5. The SMILES string of the molecule is COCC(C)CNc1ncc([N+](=O)[O-])cc1Br. The molecule has 0 aliphatic carbocycles. The number of anilines is 1. The van der Waals surface area contributed by atoms with Gasteiger partial charge in [-0.3, -0.25) is 10.1 Å². The number of pyridine rings is 1. The van der Waals surface area contributed by atoms with Gasteiger partial charge in [0.05, 0.1) is 16.0 Å². The zero-order chi connectivity index (χ0) is 12.8. The molecular formula is C10H14BrN3O3. The van der Waals surface area contributed by atoms with E-state index in [4.69, 9.17) is 4.74 Å². The van der Waals surface area contributed by atoms with Gasteiger partial charge in [-0.15, -0.1) is 0 Å². The zero-order valence-electron chi connectivity index (χ0n) is 9.64. The van der Waals surface area contributed by atoms with Crippen LogP contribution in [-0.4, -0.2) is 30.2 Å². The van der Waals surface area contributed by atoms with Crippen molar-refractivity contribution in [3.05, 3.63) is 26.9 Å². The monoisotopic (exact) mass is 303 g/mol. The van der Waals surface area contributed by atoms with Gasteiger partial charge in [0.25, 0.3) is 5.69 Å². The van der Waals surface area contributed by atoms with Crippen molar-refractivity contribution in [1.82, 2.24) is 4.98 Å². The summed E-state index contributed by atoms with van der Waals surface area (Å²) in [6.07, 6.45) is 1.23. The third-order valence-corrected chi connectivity index (χ3v) is 2.71. The van der Waals surface area contributed by atoms with Crippen LogP contribution in [0.2, 0.25) is 0 Å². The number of nitrogens with zero attached hydrogens (tertiary/aromatic N) is 2. The normalized spacial score (nSPS) is 12.2. The van der Waals surface area contributed by atoms with Gasteiger partial charge in [-0.1, -0.05) is 6.92 Å². The molecular weight excluding hydrogens is 290 g/mol. The fourth-order valence-electron chi connectivity index (χ4n) is 1.27. The molecule has 7 heteroatoms. The zero-order valence-corrected chi connectivity index (χ0v) is 11.2. The second-order valence-corrected chi connectivity index (χ2v) is 4.58. The fraction of sp³-hybridized carbons (Fsp3) is 0.500. The standard InChI is InChI=1S/C10H14BrN3O3/c1-7(6-17-2)4-12-10-9(11)3-8(5-13-10)14(15)16/h3,5,7H,4,6H2,1-2H3,(H,12,13). The summed E-state index contributed by atoms with van der Waals surface area (Å²) < 4.78 is 5.59. The molecule has 94 valence electrons. The second-order valence-electron chi connectivity index (χ2n) is 3.72. The molecule has 0 saturated carbocycles. The Labute approximate surface area is 108 Å². The van der Waals surface area contributed by atoms with E-state index in [2.05, 4.69) is 26.2 Å². The highest BCUT2D eigenvalue weighted by molar-refractivity contribution is 9.10. The quantitative estimate of drug-likeness (QED) is 0.645. The molecule has 1 atom stereocenters. The fourth-order valence-corrected chi connectivity index (χ4v) is 1.75. The third kappa shape index (κ3) is 4.27. The summed E-state index contributed by atoms with van der Waals surface area (Å²) >= 11 is 3.24. The molecule has 0 aromatic carbocycles. The Kier molecular flexibility index (Phi) is 5.30. The number of ether oxygens (including phenoxy) is 1. The lowest BCUT2D eigenvalue weighted by Gasteiger charge is -2.12. The Balaban J connectivity index is 2.63. The van der Waals surface area contributed by atoms with E-state index >= 15 is 0 Å². The molecule has 0 aliphatic rings. The van der Waals surface area contributed by atoms with Crippen LogP contribution in [0.1, 0.15) is 6.92 Å². The number of nitro groups is 1. The summed E-state index contributed by atoms with van der Waals surface area (Å²) in [6, 6.07) is 1.43. The van der Waals surface area contributed by atoms with Crippen molar-refractivity contribution < 1.29 is 9.66 Å². The predicted octanol–water partition coefficient (Wildman–Crippen LogP) is 2.45. The average Bonchev–Trinajstić information content (AvgIpc) is 2.27. The van der Waals surface area contributed by atoms with Crippen LogP contribution in [-0.2, 0) is 4.74 Å². The van der Waals surface area contributed by atoms with Crippen molar-refractivity contribution in [3.8, 4) is 0 Å². The Morgan fingerprint density at radius 3 is 2.94 bits per heavy atom. The molecule has 1 rings (SSSR count). The Morgan fingerprint density at radius 2 is 2.41 bits per heavy atom. The minimum absolute atomic E-state index is 0.0348. The van der Waals surface area contributed by atoms with Gasteiger partial charge in [0, 0.05) is 19.7 Å². The molecule has 1 unspecified atom stereocenters. The maximum absolute atomic E-state index is 10.5. The lowest BCUT2D eigenvalue weighted by atomic mass is 10.2. The van der Waals surface area contributed by atoms with E-state index in [1.165, 1.54) is 12.3 Å². The van der Waals surface area contributed by atoms with Gasteiger partial charge in [0.15, 0.2) is 0 Å². The number of methoxy groups -OCH3 is 1. The van der Waals surface area contributed by atoms with E-state index < -0.39 is 4.92 Å². The molecule has 6 nitrogen and oxygen atoms in total. The van der Waals surface area contributed by atoms with Gasteiger partial charge in [-0.2, -0.15) is 0 Å². The minimum atomic E-state index is -0.477. The highest BCUT2D eigenvalue weighted by Gasteiger charge is 2.11. The lowest BCUT2D eigenvalue weighted by molar-refractivity contribution is -0.385. The van der Waals surface area contributed by atoms with Gasteiger partial charge in [-0.05, 0) is 21.8 Å². The molecule has 17 heavy (non-hydrogen) atoms. The molecule has 0 radical (unpaired) electrons.